The molecule has 0 aromatic heterocycles. The van der Waals surface area contributed by atoms with E-state index in [1.807, 2.05) is 6.08 Å². The van der Waals surface area contributed by atoms with Gasteiger partial charge in [-0.05, 0) is 94.2 Å². The van der Waals surface area contributed by atoms with Crippen LogP contribution in [0.4, 0.5) is 0 Å². The molecule has 0 spiro atoms. The zero-order valence-corrected chi connectivity index (χ0v) is 26.5. The summed E-state index contributed by atoms with van der Waals surface area (Å²) in [5.41, 5.74) is 18.7. The van der Waals surface area contributed by atoms with Crippen LogP contribution < -0.4 is 0 Å². The first kappa shape index (κ1) is 28.0. The van der Waals surface area contributed by atoms with Gasteiger partial charge in [-0.1, -0.05) is 189 Å². The summed E-state index contributed by atoms with van der Waals surface area (Å²) in [7, 11) is 0. The molecule has 0 fully saturated rings. The molecule has 224 valence electrons. The highest BCUT2D eigenvalue weighted by molar-refractivity contribution is 6.27. The van der Waals surface area contributed by atoms with E-state index in [-0.39, 0.29) is 0 Å². The van der Waals surface area contributed by atoms with Gasteiger partial charge in [0.05, 0.1) is 0 Å². The van der Waals surface area contributed by atoms with E-state index >= 15 is 0 Å². The topological polar surface area (TPSA) is 0 Å². The Morgan fingerprint density at radius 1 is 0.292 bits per heavy atom. The SMILES string of the molecule is C=Cc1ccc(-c2ccc3c4c(cccc24)-c2c(-c4ccccc4)c(-c4ccccc4)c(-c4ccccc4)c(-c4ccccc4)c2-3)cc1. The summed E-state index contributed by atoms with van der Waals surface area (Å²) in [6.45, 7) is 3.96. The minimum Gasteiger partial charge on any atom is -0.0985 e. The van der Waals surface area contributed by atoms with Gasteiger partial charge in [0.1, 0.15) is 0 Å². The molecule has 0 heteroatoms. The first-order valence-electron chi connectivity index (χ1n) is 16.6. The predicted octanol–water partition coefficient (Wildman–Crippen LogP) is 13.5. The molecule has 0 unspecified atom stereocenters. The van der Waals surface area contributed by atoms with Crippen molar-refractivity contribution in [3.63, 3.8) is 0 Å². The summed E-state index contributed by atoms with van der Waals surface area (Å²) in [5.74, 6) is 0. The molecular formula is C48H32. The fraction of sp³-hybridized carbons (Fsp3) is 0. The lowest BCUT2D eigenvalue weighted by Gasteiger charge is -2.26. The molecule has 0 bridgehead atoms. The van der Waals surface area contributed by atoms with Crippen LogP contribution in [-0.2, 0) is 0 Å². The third-order valence-corrected chi connectivity index (χ3v) is 9.79. The van der Waals surface area contributed by atoms with Gasteiger partial charge >= 0.3 is 0 Å². The number of fused-ring (bicyclic) bond motifs is 3. The second-order valence-electron chi connectivity index (χ2n) is 12.4. The van der Waals surface area contributed by atoms with Crippen molar-refractivity contribution in [2.75, 3.05) is 0 Å². The molecule has 0 aliphatic heterocycles. The lowest BCUT2D eigenvalue weighted by molar-refractivity contribution is 1.54. The van der Waals surface area contributed by atoms with Gasteiger partial charge in [0.15, 0.2) is 0 Å². The zero-order chi connectivity index (χ0) is 32.0. The molecule has 8 aromatic carbocycles. The molecule has 0 radical (unpaired) electrons. The second kappa shape index (κ2) is 11.5. The molecule has 1 aliphatic carbocycles. The molecule has 0 saturated carbocycles. The summed E-state index contributed by atoms with van der Waals surface area (Å²) in [6, 6.07) is 64.2. The van der Waals surface area contributed by atoms with Crippen molar-refractivity contribution in [3.8, 4) is 77.9 Å². The van der Waals surface area contributed by atoms with E-state index in [2.05, 4.69) is 183 Å². The Bertz CT molecular complexity index is 2340. The monoisotopic (exact) mass is 608 g/mol. The van der Waals surface area contributed by atoms with Crippen LogP contribution in [0.5, 0.6) is 0 Å². The van der Waals surface area contributed by atoms with Crippen LogP contribution in [0.1, 0.15) is 5.56 Å². The maximum Gasteiger partial charge on any atom is -0.000718 e. The number of hydrogen-bond acceptors (Lipinski definition) is 0. The lowest BCUT2D eigenvalue weighted by Crippen LogP contribution is -1.99. The molecular weight excluding hydrogens is 577 g/mol. The second-order valence-corrected chi connectivity index (χ2v) is 12.4. The summed E-state index contributed by atoms with van der Waals surface area (Å²) in [6.07, 6.45) is 1.90. The van der Waals surface area contributed by atoms with Crippen LogP contribution in [0.2, 0.25) is 0 Å². The Morgan fingerprint density at radius 3 is 1.12 bits per heavy atom. The highest BCUT2D eigenvalue weighted by Gasteiger charge is 2.34. The van der Waals surface area contributed by atoms with Crippen LogP contribution in [0.15, 0.2) is 183 Å². The molecule has 0 amide bonds. The molecule has 0 N–H and O–H groups in total. The number of benzene rings is 8. The Morgan fingerprint density at radius 2 is 0.688 bits per heavy atom. The highest BCUT2D eigenvalue weighted by atomic mass is 14.4. The summed E-state index contributed by atoms with van der Waals surface area (Å²) in [5, 5.41) is 2.59. The van der Waals surface area contributed by atoms with Crippen LogP contribution in [-0.4, -0.2) is 0 Å². The van der Waals surface area contributed by atoms with Crippen molar-refractivity contribution >= 4 is 16.8 Å². The smallest absolute Gasteiger partial charge is 0.000718 e. The van der Waals surface area contributed by atoms with Crippen LogP contribution in [0, 0.1) is 0 Å². The molecule has 9 rings (SSSR count). The first-order chi connectivity index (χ1) is 23.8. The van der Waals surface area contributed by atoms with Gasteiger partial charge in [0.2, 0.25) is 0 Å². The Hall–Kier alpha value is -6.24. The minimum absolute atomic E-state index is 1.12. The molecule has 0 heterocycles. The third-order valence-electron chi connectivity index (χ3n) is 9.79. The average Bonchev–Trinajstić information content (AvgIpc) is 3.50. The fourth-order valence-corrected chi connectivity index (χ4v) is 7.74. The largest absolute Gasteiger partial charge is 0.0985 e. The van der Waals surface area contributed by atoms with Crippen molar-refractivity contribution in [2.45, 2.75) is 0 Å². The average molecular weight is 609 g/mol. The molecule has 8 aromatic rings. The maximum atomic E-state index is 3.96. The summed E-state index contributed by atoms with van der Waals surface area (Å²) < 4.78 is 0. The number of rotatable bonds is 6. The van der Waals surface area contributed by atoms with Gasteiger partial charge in [-0.15, -0.1) is 0 Å². The van der Waals surface area contributed by atoms with Crippen molar-refractivity contribution in [1.82, 2.24) is 0 Å². The van der Waals surface area contributed by atoms with Gasteiger partial charge < -0.3 is 0 Å². The van der Waals surface area contributed by atoms with Crippen LogP contribution >= 0.6 is 0 Å². The summed E-state index contributed by atoms with van der Waals surface area (Å²) >= 11 is 0. The molecule has 48 heavy (non-hydrogen) atoms. The normalized spacial score (nSPS) is 11.4. The standard InChI is InChI=1S/C48H32/c1-2-32-26-28-33(29-27-32)38-30-31-41-46-39(38)24-15-25-40(46)47-44(36-20-11-5-12-21-36)42(34-16-7-3-8-17-34)43(35-18-9-4-10-19-35)45(48(41)47)37-22-13-6-14-23-37/h2-31H,1H2. The van der Waals surface area contributed by atoms with E-state index in [9.17, 15) is 0 Å². The Kier molecular flexibility index (Phi) is 6.73. The minimum atomic E-state index is 1.12. The van der Waals surface area contributed by atoms with E-state index < -0.39 is 0 Å². The first-order valence-corrected chi connectivity index (χ1v) is 16.6. The lowest BCUT2D eigenvalue weighted by atomic mass is 9.76. The maximum absolute atomic E-state index is 3.96. The molecule has 0 atom stereocenters. The molecule has 0 saturated heterocycles. The third kappa shape index (κ3) is 4.38. The van der Waals surface area contributed by atoms with Gasteiger partial charge in [-0.25, -0.2) is 0 Å². The van der Waals surface area contributed by atoms with Gasteiger partial charge in [-0.3, -0.25) is 0 Å². The highest BCUT2D eigenvalue weighted by Crippen LogP contribution is 2.61. The van der Waals surface area contributed by atoms with Gasteiger partial charge in [0, 0.05) is 0 Å². The quantitative estimate of drug-likeness (QED) is 0.176. The molecule has 0 nitrogen and oxygen atoms in total. The van der Waals surface area contributed by atoms with Gasteiger partial charge in [-0.2, -0.15) is 0 Å². The van der Waals surface area contributed by atoms with Crippen molar-refractivity contribution in [3.05, 3.63) is 188 Å². The van der Waals surface area contributed by atoms with E-state index in [1.165, 1.54) is 88.7 Å². The van der Waals surface area contributed by atoms with Crippen LogP contribution in [0.25, 0.3) is 94.7 Å². The fourth-order valence-electron chi connectivity index (χ4n) is 7.74. The summed E-state index contributed by atoms with van der Waals surface area (Å²) in [4.78, 5) is 0. The van der Waals surface area contributed by atoms with E-state index in [0.717, 1.165) is 5.56 Å². The van der Waals surface area contributed by atoms with Crippen molar-refractivity contribution in [2.24, 2.45) is 0 Å². The number of hydrogen-bond donors (Lipinski definition) is 0. The zero-order valence-electron chi connectivity index (χ0n) is 26.5. The predicted molar refractivity (Wildman–Crippen MR) is 206 cm³/mol. The van der Waals surface area contributed by atoms with Gasteiger partial charge in [0.25, 0.3) is 0 Å². The van der Waals surface area contributed by atoms with Crippen molar-refractivity contribution in [1.29, 1.82) is 0 Å². The molecule has 1 aliphatic rings. The van der Waals surface area contributed by atoms with E-state index in [1.54, 1.807) is 0 Å². The Balaban J connectivity index is 1.50. The van der Waals surface area contributed by atoms with Crippen LogP contribution in [0.3, 0.4) is 0 Å². The van der Waals surface area contributed by atoms with Crippen molar-refractivity contribution < 1.29 is 0 Å². The van der Waals surface area contributed by atoms with E-state index in [4.69, 9.17) is 0 Å². The van der Waals surface area contributed by atoms with E-state index in [0.29, 0.717) is 0 Å². The Labute approximate surface area is 281 Å².